The van der Waals surface area contributed by atoms with Crippen molar-refractivity contribution in [2.45, 2.75) is 0 Å². The van der Waals surface area contributed by atoms with Crippen LogP contribution in [0, 0.1) is 0 Å². The van der Waals surface area contributed by atoms with E-state index in [1.54, 1.807) is 0 Å². The first-order valence-electron chi connectivity index (χ1n) is 7.58. The molecule has 1 aromatic heterocycles. The maximum absolute atomic E-state index is 12.7. The Morgan fingerprint density at radius 2 is 1.48 bits per heavy atom. The van der Waals surface area contributed by atoms with E-state index >= 15 is 0 Å². The van der Waals surface area contributed by atoms with E-state index in [1.807, 2.05) is 0 Å². The Morgan fingerprint density at radius 3 is 2.07 bits per heavy atom. The van der Waals surface area contributed by atoms with Crippen molar-refractivity contribution in [1.29, 1.82) is 0 Å². The summed E-state index contributed by atoms with van der Waals surface area (Å²) in [5.74, 6) is -3.52. The Hall–Kier alpha value is -3.75. The Kier molecular flexibility index (Phi) is 4.36. The van der Waals surface area contributed by atoms with Gasteiger partial charge in [0.2, 0.25) is 22.7 Å². The largest absolute Gasteiger partial charge is 0.504 e. The molecule has 0 spiro atoms. The van der Waals surface area contributed by atoms with Crippen LogP contribution in [0.25, 0.3) is 22.3 Å². The Bertz CT molecular complexity index is 1100. The van der Waals surface area contributed by atoms with Crippen molar-refractivity contribution in [2.75, 3.05) is 21.3 Å². The molecule has 27 heavy (non-hydrogen) atoms. The van der Waals surface area contributed by atoms with Gasteiger partial charge < -0.3 is 39.1 Å². The minimum Gasteiger partial charge on any atom is -0.504 e. The van der Waals surface area contributed by atoms with Crippen LogP contribution in [-0.2, 0) is 0 Å². The van der Waals surface area contributed by atoms with Gasteiger partial charge in [-0.1, -0.05) is 0 Å². The predicted octanol–water partition coefficient (Wildman–Crippen LogP) is 2.31. The summed E-state index contributed by atoms with van der Waals surface area (Å²) in [6.07, 6.45) is 0. The lowest BCUT2D eigenvalue weighted by molar-refractivity contribution is 0.335. The number of fused-ring (bicyclic) bond motifs is 1. The maximum Gasteiger partial charge on any atom is 0.238 e. The molecule has 142 valence electrons. The molecule has 0 bridgehead atoms. The van der Waals surface area contributed by atoms with E-state index in [1.165, 1.54) is 33.5 Å². The first kappa shape index (κ1) is 18.1. The Labute approximate surface area is 152 Å². The fraction of sp³-hybridized carbons (Fsp3) is 0.167. The van der Waals surface area contributed by atoms with Crippen LogP contribution in [0.3, 0.4) is 0 Å². The first-order chi connectivity index (χ1) is 12.8. The summed E-state index contributed by atoms with van der Waals surface area (Å²) in [4.78, 5) is 12.7. The van der Waals surface area contributed by atoms with Gasteiger partial charge in [-0.15, -0.1) is 0 Å². The van der Waals surface area contributed by atoms with E-state index in [0.29, 0.717) is 0 Å². The van der Waals surface area contributed by atoms with Crippen LogP contribution >= 0.6 is 0 Å². The summed E-state index contributed by atoms with van der Waals surface area (Å²) < 4.78 is 20.8. The third-order valence-corrected chi connectivity index (χ3v) is 4.05. The highest BCUT2D eigenvalue weighted by molar-refractivity contribution is 5.90. The molecule has 3 rings (SSSR count). The summed E-state index contributed by atoms with van der Waals surface area (Å²) in [7, 11) is 3.95. The molecule has 0 atom stereocenters. The van der Waals surface area contributed by atoms with Crippen molar-refractivity contribution >= 4 is 11.0 Å². The average molecular weight is 376 g/mol. The third kappa shape index (κ3) is 2.60. The lowest BCUT2D eigenvalue weighted by Crippen LogP contribution is -2.05. The topological polar surface area (TPSA) is 139 Å². The van der Waals surface area contributed by atoms with Gasteiger partial charge in [-0.3, -0.25) is 4.79 Å². The van der Waals surface area contributed by atoms with Crippen LogP contribution in [0.4, 0.5) is 0 Å². The number of aromatic hydroxyl groups is 4. The Morgan fingerprint density at radius 1 is 0.815 bits per heavy atom. The van der Waals surface area contributed by atoms with E-state index < -0.39 is 34.2 Å². The zero-order chi connectivity index (χ0) is 19.9. The van der Waals surface area contributed by atoms with Crippen molar-refractivity contribution in [3.63, 3.8) is 0 Å². The smallest absolute Gasteiger partial charge is 0.238 e. The van der Waals surface area contributed by atoms with Crippen LogP contribution in [0.1, 0.15) is 0 Å². The van der Waals surface area contributed by atoms with Crippen molar-refractivity contribution in [2.24, 2.45) is 0 Å². The number of ether oxygens (including phenoxy) is 3. The molecular weight excluding hydrogens is 360 g/mol. The molecule has 9 nitrogen and oxygen atoms in total. The zero-order valence-corrected chi connectivity index (χ0v) is 14.6. The number of hydrogen-bond acceptors (Lipinski definition) is 9. The van der Waals surface area contributed by atoms with E-state index in [-0.39, 0.29) is 33.8 Å². The standard InChI is InChI=1S/C18H16O9/c1-24-9-5-4-8-11(18(9)26-3)14(21)16(23)17(27-8)7-6-10(25-2)13(20)15(22)12(7)19/h4-6,19-20,22-23H,1-3H3. The van der Waals surface area contributed by atoms with Crippen LogP contribution < -0.4 is 19.6 Å². The van der Waals surface area contributed by atoms with Gasteiger partial charge in [-0.25, -0.2) is 0 Å². The molecule has 0 aliphatic heterocycles. The van der Waals surface area contributed by atoms with Crippen LogP contribution in [0.15, 0.2) is 27.4 Å². The molecule has 0 saturated carbocycles. The summed E-state index contributed by atoms with van der Waals surface area (Å²) in [6.45, 7) is 0. The summed E-state index contributed by atoms with van der Waals surface area (Å²) in [5.41, 5.74) is -1.06. The minimum absolute atomic E-state index is 0.0383. The summed E-state index contributed by atoms with van der Waals surface area (Å²) in [5, 5.41) is 40.1. The fourth-order valence-electron chi connectivity index (χ4n) is 2.72. The highest BCUT2D eigenvalue weighted by atomic mass is 16.5. The normalized spacial score (nSPS) is 10.8. The van der Waals surface area contributed by atoms with E-state index in [2.05, 4.69) is 0 Å². The van der Waals surface area contributed by atoms with Gasteiger partial charge in [0.05, 0.1) is 26.9 Å². The Balaban J connectivity index is 2.41. The lowest BCUT2D eigenvalue weighted by atomic mass is 10.1. The highest BCUT2D eigenvalue weighted by Crippen LogP contribution is 2.50. The molecule has 0 unspecified atom stereocenters. The summed E-state index contributed by atoms with van der Waals surface area (Å²) >= 11 is 0. The number of phenols is 3. The van der Waals surface area contributed by atoms with Crippen molar-refractivity contribution in [1.82, 2.24) is 0 Å². The lowest BCUT2D eigenvalue weighted by Gasteiger charge is -2.14. The SMILES string of the molecule is COc1cc(-c2oc3ccc(OC)c(OC)c3c(=O)c2O)c(O)c(O)c1O. The molecular formula is C18H16O9. The van der Waals surface area contributed by atoms with E-state index in [9.17, 15) is 25.2 Å². The van der Waals surface area contributed by atoms with Crippen LogP contribution in [-0.4, -0.2) is 41.8 Å². The third-order valence-electron chi connectivity index (χ3n) is 4.05. The number of phenolic OH excluding ortho intramolecular Hbond substituents is 3. The fourth-order valence-corrected chi connectivity index (χ4v) is 2.72. The van der Waals surface area contributed by atoms with E-state index in [4.69, 9.17) is 18.6 Å². The average Bonchev–Trinajstić information content (AvgIpc) is 2.68. The summed E-state index contributed by atoms with van der Waals surface area (Å²) in [6, 6.07) is 4.03. The van der Waals surface area contributed by atoms with Gasteiger partial charge in [-0.05, 0) is 18.2 Å². The van der Waals surface area contributed by atoms with Crippen LogP contribution in [0.5, 0.6) is 40.2 Å². The number of rotatable bonds is 4. The van der Waals surface area contributed by atoms with Gasteiger partial charge in [0.1, 0.15) is 11.0 Å². The van der Waals surface area contributed by atoms with Gasteiger partial charge in [0.25, 0.3) is 0 Å². The molecule has 0 fully saturated rings. The molecule has 4 N–H and O–H groups in total. The monoisotopic (exact) mass is 376 g/mol. The second-order valence-electron chi connectivity index (χ2n) is 5.46. The predicted molar refractivity (Wildman–Crippen MR) is 94.2 cm³/mol. The van der Waals surface area contributed by atoms with Gasteiger partial charge in [0, 0.05) is 0 Å². The van der Waals surface area contributed by atoms with Crippen molar-refractivity contribution < 1.29 is 39.1 Å². The maximum atomic E-state index is 12.7. The van der Waals surface area contributed by atoms with Crippen molar-refractivity contribution in [3.05, 3.63) is 28.4 Å². The zero-order valence-electron chi connectivity index (χ0n) is 14.6. The van der Waals surface area contributed by atoms with Gasteiger partial charge >= 0.3 is 0 Å². The highest BCUT2D eigenvalue weighted by Gasteiger charge is 2.26. The molecule has 0 radical (unpaired) electrons. The minimum atomic E-state index is -0.890. The quantitative estimate of drug-likeness (QED) is 0.505. The second kappa shape index (κ2) is 6.52. The first-order valence-corrected chi connectivity index (χ1v) is 7.58. The molecule has 0 aliphatic rings. The second-order valence-corrected chi connectivity index (χ2v) is 5.46. The van der Waals surface area contributed by atoms with Gasteiger partial charge in [0.15, 0.2) is 28.8 Å². The molecule has 0 saturated heterocycles. The molecule has 0 amide bonds. The molecule has 3 aromatic rings. The number of benzene rings is 2. The van der Waals surface area contributed by atoms with Crippen molar-refractivity contribution in [3.8, 4) is 51.6 Å². The van der Waals surface area contributed by atoms with E-state index in [0.717, 1.165) is 6.07 Å². The van der Waals surface area contributed by atoms with Crippen LogP contribution in [0.2, 0.25) is 0 Å². The van der Waals surface area contributed by atoms with Gasteiger partial charge in [-0.2, -0.15) is 0 Å². The molecule has 9 heteroatoms. The number of hydrogen-bond donors (Lipinski definition) is 4. The molecule has 2 aromatic carbocycles. The molecule has 1 heterocycles. The number of methoxy groups -OCH3 is 3. The molecule has 0 aliphatic carbocycles.